The molecule has 0 spiro atoms. The first-order valence-electron chi connectivity index (χ1n) is 5.51. The van der Waals surface area contributed by atoms with Crippen LogP contribution in [0.1, 0.15) is 36.2 Å². The summed E-state index contributed by atoms with van der Waals surface area (Å²) >= 11 is 0. The van der Waals surface area contributed by atoms with Crippen molar-refractivity contribution in [2.75, 3.05) is 0 Å². The van der Waals surface area contributed by atoms with Gasteiger partial charge in [0.2, 0.25) is 0 Å². The van der Waals surface area contributed by atoms with Crippen LogP contribution in [0.5, 0.6) is 0 Å². The van der Waals surface area contributed by atoms with Crippen LogP contribution in [0.15, 0.2) is 24.3 Å². The summed E-state index contributed by atoms with van der Waals surface area (Å²) in [4.78, 5) is 20.3. The first-order chi connectivity index (χ1) is 7.96. The van der Waals surface area contributed by atoms with Crippen molar-refractivity contribution in [2.45, 2.75) is 32.5 Å². The standard InChI is InChI=1S/C12H17O4P/c1-3-10(2)16-17(14,15)9-12-6-4-5-11(7-12)8-13/h4-8,10H,3,9H2,1-2H3,(H,14,15). The Bertz CT molecular complexity index is 430. The van der Waals surface area contributed by atoms with Gasteiger partial charge in [0.15, 0.2) is 0 Å². The number of benzene rings is 1. The summed E-state index contributed by atoms with van der Waals surface area (Å²) in [5, 5.41) is 0. The van der Waals surface area contributed by atoms with Crippen LogP contribution < -0.4 is 0 Å². The molecular weight excluding hydrogens is 239 g/mol. The molecule has 0 amide bonds. The Morgan fingerprint density at radius 2 is 2.24 bits per heavy atom. The third kappa shape index (κ3) is 4.82. The zero-order chi connectivity index (χ0) is 12.9. The molecule has 0 aromatic heterocycles. The predicted octanol–water partition coefficient (Wildman–Crippen LogP) is 3.00. The van der Waals surface area contributed by atoms with E-state index in [4.69, 9.17) is 4.52 Å². The number of rotatable bonds is 6. The van der Waals surface area contributed by atoms with E-state index in [1.165, 1.54) is 0 Å². The quantitative estimate of drug-likeness (QED) is 0.627. The van der Waals surface area contributed by atoms with E-state index in [0.717, 1.165) is 0 Å². The van der Waals surface area contributed by atoms with E-state index in [-0.39, 0.29) is 12.3 Å². The summed E-state index contributed by atoms with van der Waals surface area (Å²) in [6.45, 7) is 3.64. The van der Waals surface area contributed by atoms with Crippen molar-refractivity contribution in [1.82, 2.24) is 0 Å². The average molecular weight is 256 g/mol. The summed E-state index contributed by atoms with van der Waals surface area (Å²) in [7, 11) is -3.63. The normalized spacial score (nSPS) is 16.2. The molecule has 94 valence electrons. The van der Waals surface area contributed by atoms with Crippen LogP contribution in [0.3, 0.4) is 0 Å². The Morgan fingerprint density at radius 3 is 2.82 bits per heavy atom. The minimum Gasteiger partial charge on any atom is -0.324 e. The second-order valence-electron chi connectivity index (χ2n) is 3.98. The maximum atomic E-state index is 11.8. The summed E-state index contributed by atoms with van der Waals surface area (Å²) in [6, 6.07) is 6.63. The van der Waals surface area contributed by atoms with Gasteiger partial charge in [0.1, 0.15) is 6.29 Å². The largest absolute Gasteiger partial charge is 0.332 e. The van der Waals surface area contributed by atoms with Crippen LogP contribution in [0.2, 0.25) is 0 Å². The molecule has 2 atom stereocenters. The van der Waals surface area contributed by atoms with E-state index < -0.39 is 7.60 Å². The maximum absolute atomic E-state index is 11.8. The van der Waals surface area contributed by atoms with Gasteiger partial charge in [-0.3, -0.25) is 9.36 Å². The molecule has 5 heteroatoms. The van der Waals surface area contributed by atoms with E-state index >= 15 is 0 Å². The molecule has 0 heterocycles. The maximum Gasteiger partial charge on any atom is 0.332 e. The highest BCUT2D eigenvalue weighted by atomic mass is 31.2. The molecule has 0 aliphatic rings. The van der Waals surface area contributed by atoms with E-state index in [1.807, 2.05) is 6.92 Å². The summed E-state index contributed by atoms with van der Waals surface area (Å²) in [5.74, 6) is 0. The first-order valence-corrected chi connectivity index (χ1v) is 7.27. The van der Waals surface area contributed by atoms with Gasteiger partial charge in [0.05, 0.1) is 12.3 Å². The van der Waals surface area contributed by atoms with Crippen molar-refractivity contribution in [2.24, 2.45) is 0 Å². The van der Waals surface area contributed by atoms with Gasteiger partial charge < -0.3 is 9.42 Å². The van der Waals surface area contributed by atoms with Crippen molar-refractivity contribution in [3.63, 3.8) is 0 Å². The molecule has 17 heavy (non-hydrogen) atoms. The van der Waals surface area contributed by atoms with Crippen molar-refractivity contribution in [1.29, 1.82) is 0 Å². The molecule has 0 radical (unpaired) electrons. The summed E-state index contributed by atoms with van der Waals surface area (Å²) < 4.78 is 16.9. The second-order valence-corrected chi connectivity index (χ2v) is 5.78. The molecule has 0 aliphatic carbocycles. The number of carbonyl (C=O) groups is 1. The predicted molar refractivity (Wildman–Crippen MR) is 66.2 cm³/mol. The van der Waals surface area contributed by atoms with Crippen LogP contribution >= 0.6 is 7.60 Å². The molecule has 1 aromatic rings. The van der Waals surface area contributed by atoms with E-state index in [1.54, 1.807) is 31.2 Å². The lowest BCUT2D eigenvalue weighted by atomic mass is 10.2. The number of hydrogen-bond acceptors (Lipinski definition) is 3. The van der Waals surface area contributed by atoms with Gasteiger partial charge in [-0.25, -0.2) is 0 Å². The first kappa shape index (κ1) is 14.1. The molecule has 0 fully saturated rings. The van der Waals surface area contributed by atoms with Gasteiger partial charge >= 0.3 is 7.60 Å². The minimum atomic E-state index is -3.63. The lowest BCUT2D eigenvalue weighted by Crippen LogP contribution is -2.05. The number of hydrogen-bond donors (Lipinski definition) is 1. The molecule has 1 rings (SSSR count). The zero-order valence-corrected chi connectivity index (χ0v) is 10.9. The monoisotopic (exact) mass is 256 g/mol. The summed E-state index contributed by atoms with van der Waals surface area (Å²) in [5.41, 5.74) is 1.12. The molecular formula is C12H17O4P. The third-order valence-electron chi connectivity index (χ3n) is 2.39. The zero-order valence-electron chi connectivity index (χ0n) is 10.00. The second kappa shape index (κ2) is 6.10. The highest BCUT2D eigenvalue weighted by Crippen LogP contribution is 2.47. The van der Waals surface area contributed by atoms with Gasteiger partial charge in [0, 0.05) is 5.56 Å². The minimum absolute atomic E-state index is 0.0704. The lowest BCUT2D eigenvalue weighted by Gasteiger charge is -2.16. The van der Waals surface area contributed by atoms with Crippen molar-refractivity contribution >= 4 is 13.9 Å². The van der Waals surface area contributed by atoms with Crippen molar-refractivity contribution in [3.8, 4) is 0 Å². The van der Waals surface area contributed by atoms with E-state index in [2.05, 4.69) is 0 Å². The fraction of sp³-hybridized carbons (Fsp3) is 0.417. The van der Waals surface area contributed by atoms with Crippen LogP contribution in [0.4, 0.5) is 0 Å². The number of aldehydes is 1. The summed E-state index contributed by atoms with van der Waals surface area (Å²) in [6.07, 6.45) is 1.07. The number of carbonyl (C=O) groups excluding carboxylic acids is 1. The molecule has 0 bridgehead atoms. The van der Waals surface area contributed by atoms with E-state index in [0.29, 0.717) is 23.8 Å². The average Bonchev–Trinajstić information content (AvgIpc) is 2.27. The molecule has 0 saturated heterocycles. The fourth-order valence-corrected chi connectivity index (χ4v) is 2.83. The Hall–Kier alpha value is -0.960. The van der Waals surface area contributed by atoms with Gasteiger partial charge in [-0.05, 0) is 25.0 Å². The van der Waals surface area contributed by atoms with Gasteiger partial charge in [-0.1, -0.05) is 25.1 Å². The highest BCUT2D eigenvalue weighted by Gasteiger charge is 2.22. The molecule has 2 unspecified atom stereocenters. The Morgan fingerprint density at radius 1 is 1.53 bits per heavy atom. The molecule has 4 nitrogen and oxygen atoms in total. The Labute approximate surface area is 101 Å². The Kier molecular flexibility index (Phi) is 5.06. The van der Waals surface area contributed by atoms with Crippen LogP contribution in [0, 0.1) is 0 Å². The van der Waals surface area contributed by atoms with Gasteiger partial charge in [-0.2, -0.15) is 0 Å². The van der Waals surface area contributed by atoms with Gasteiger partial charge in [0.25, 0.3) is 0 Å². The Balaban J connectivity index is 2.75. The van der Waals surface area contributed by atoms with Crippen LogP contribution in [-0.2, 0) is 15.3 Å². The molecule has 1 aromatic carbocycles. The molecule has 0 saturated carbocycles. The molecule has 0 aliphatic heterocycles. The lowest BCUT2D eigenvalue weighted by molar-refractivity contribution is 0.112. The van der Waals surface area contributed by atoms with Crippen LogP contribution in [0.25, 0.3) is 0 Å². The van der Waals surface area contributed by atoms with Gasteiger partial charge in [-0.15, -0.1) is 0 Å². The van der Waals surface area contributed by atoms with E-state index in [9.17, 15) is 14.3 Å². The SMILES string of the molecule is CCC(C)OP(=O)(O)Cc1cccc(C=O)c1. The topological polar surface area (TPSA) is 63.6 Å². The smallest absolute Gasteiger partial charge is 0.324 e. The highest BCUT2D eigenvalue weighted by molar-refractivity contribution is 7.51. The third-order valence-corrected chi connectivity index (χ3v) is 3.84. The fourth-order valence-electron chi connectivity index (χ4n) is 1.39. The van der Waals surface area contributed by atoms with Crippen molar-refractivity contribution in [3.05, 3.63) is 35.4 Å². The van der Waals surface area contributed by atoms with Crippen LogP contribution in [-0.4, -0.2) is 17.3 Å². The van der Waals surface area contributed by atoms with Crippen molar-refractivity contribution < 1.29 is 18.8 Å². The molecule has 1 N–H and O–H groups in total.